The lowest BCUT2D eigenvalue weighted by Crippen LogP contribution is -2.56. The fourth-order valence-corrected chi connectivity index (χ4v) is 6.06. The first-order chi connectivity index (χ1) is 21.3. The largest absolute Gasteiger partial charge is 0.384 e. The molecule has 5 N–H and O–H groups in total. The Kier molecular flexibility index (Phi) is 7.27. The normalized spacial score (nSPS) is 14.8. The number of aromatic amines is 1. The van der Waals surface area contributed by atoms with Crippen molar-refractivity contribution in [1.82, 2.24) is 19.9 Å². The van der Waals surface area contributed by atoms with E-state index >= 15 is 0 Å². The Morgan fingerprint density at radius 2 is 1.89 bits per heavy atom. The van der Waals surface area contributed by atoms with Crippen LogP contribution >= 0.6 is 0 Å². The van der Waals surface area contributed by atoms with Crippen molar-refractivity contribution in [3.63, 3.8) is 0 Å². The Morgan fingerprint density at radius 1 is 1.02 bits per heavy atom. The number of aromatic nitrogens is 3. The smallest absolute Gasteiger partial charge is 0.129 e. The van der Waals surface area contributed by atoms with Gasteiger partial charge < -0.3 is 31.2 Å². The fraction of sp³-hybridized carbons (Fsp3) is 0.257. The van der Waals surface area contributed by atoms with Crippen molar-refractivity contribution < 1.29 is 4.39 Å². The van der Waals surface area contributed by atoms with Crippen LogP contribution in [0.3, 0.4) is 0 Å². The molecule has 2 aliphatic heterocycles. The molecule has 0 saturated carbocycles. The number of nitrogens with zero attached hydrogens (tertiary/aromatic N) is 4. The summed E-state index contributed by atoms with van der Waals surface area (Å²) >= 11 is 0. The van der Waals surface area contributed by atoms with Crippen molar-refractivity contribution in [2.45, 2.75) is 13.0 Å². The number of hydrogen-bond donors (Lipinski definition) is 4. The van der Waals surface area contributed by atoms with Crippen molar-refractivity contribution in [1.29, 1.82) is 0 Å². The van der Waals surface area contributed by atoms with Gasteiger partial charge in [-0.15, -0.1) is 0 Å². The first-order valence-electron chi connectivity index (χ1n) is 15.1. The topological polar surface area (TPSA) is 98.1 Å². The minimum absolute atomic E-state index is 0.211. The van der Waals surface area contributed by atoms with Crippen LogP contribution in [0.1, 0.15) is 16.8 Å². The van der Waals surface area contributed by atoms with E-state index in [0.29, 0.717) is 0 Å². The number of nitrogens with one attached hydrogen (secondary N) is 3. The van der Waals surface area contributed by atoms with E-state index in [2.05, 4.69) is 79.8 Å². The summed E-state index contributed by atoms with van der Waals surface area (Å²) in [5.74, 6) is 0.687. The van der Waals surface area contributed by atoms with E-state index in [4.69, 9.17) is 10.7 Å². The van der Waals surface area contributed by atoms with Crippen LogP contribution in [-0.2, 0) is 0 Å². The van der Waals surface area contributed by atoms with E-state index < -0.39 is 0 Å². The predicted molar refractivity (Wildman–Crippen MR) is 179 cm³/mol. The monoisotopic (exact) mass is 588 g/mol. The minimum Gasteiger partial charge on any atom is -0.384 e. The summed E-state index contributed by atoms with van der Waals surface area (Å²) in [6.07, 6.45) is 5.85. The molecule has 0 atom stereocenters. The second-order valence-electron chi connectivity index (χ2n) is 12.1. The van der Waals surface area contributed by atoms with Gasteiger partial charge in [0.05, 0.1) is 17.4 Å². The molecule has 7 rings (SSSR count). The average molecular weight is 589 g/mol. The van der Waals surface area contributed by atoms with Crippen LogP contribution in [0.2, 0.25) is 0 Å². The number of nitrogens with two attached hydrogens (primary N) is 1. The van der Waals surface area contributed by atoms with Gasteiger partial charge in [0.2, 0.25) is 0 Å². The van der Waals surface area contributed by atoms with Crippen LogP contribution in [0.25, 0.3) is 38.9 Å². The number of aryl methyl sites for hydroxylation is 1. The number of halogens is 1. The maximum Gasteiger partial charge on any atom is 0.129 e. The number of H-pyrrole nitrogens is 1. The second-order valence-corrected chi connectivity index (χ2v) is 12.1. The molecule has 44 heavy (non-hydrogen) atoms. The summed E-state index contributed by atoms with van der Waals surface area (Å²) in [7, 11) is 4.04. The number of pyridine rings is 2. The van der Waals surface area contributed by atoms with Crippen LogP contribution in [0.5, 0.6) is 0 Å². The van der Waals surface area contributed by atoms with E-state index in [0.717, 1.165) is 100 Å². The number of anilines is 3. The van der Waals surface area contributed by atoms with Gasteiger partial charge in [0.25, 0.3) is 0 Å². The van der Waals surface area contributed by atoms with Crippen LogP contribution in [0, 0.1) is 12.7 Å². The summed E-state index contributed by atoms with van der Waals surface area (Å²) in [6.45, 7) is 6.07. The van der Waals surface area contributed by atoms with Gasteiger partial charge in [0.1, 0.15) is 11.6 Å². The maximum atomic E-state index is 14.8. The van der Waals surface area contributed by atoms with Crippen molar-refractivity contribution in [2.75, 3.05) is 62.4 Å². The molecule has 0 amide bonds. The summed E-state index contributed by atoms with van der Waals surface area (Å²) in [4.78, 5) is 17.4. The molecule has 0 aliphatic carbocycles. The second kappa shape index (κ2) is 11.4. The standard InChI is InChI=1S/C35H37FN8/c1-21-10-32(42-35(11-21)44-19-25(37)20-44)22-4-5-31-28(14-22)27(6-7-40-31)33-16-29-30(17-38-18-34(29)41-33)23-12-24(36)15-26(13-23)39-8-9-43(2)3/h4-6,10-18,25,39-41H,7-9,19-20,37H2,1-3H3. The fourth-order valence-electron chi connectivity index (χ4n) is 6.06. The lowest BCUT2D eigenvalue weighted by atomic mass is 9.94. The van der Waals surface area contributed by atoms with Gasteiger partial charge in [-0.2, -0.15) is 0 Å². The zero-order valence-corrected chi connectivity index (χ0v) is 25.3. The SMILES string of the molecule is Cc1cc(-c2ccc3c(c2)C(c2cc4c(-c5cc(F)cc(NCCN(C)C)c5)cncc4[nH]2)=CCN3)nc(N2CC(N)C2)c1. The number of benzene rings is 2. The van der Waals surface area contributed by atoms with E-state index in [9.17, 15) is 4.39 Å². The first-order valence-corrected chi connectivity index (χ1v) is 15.1. The minimum atomic E-state index is -0.282. The van der Waals surface area contributed by atoms with Crippen molar-refractivity contribution in [3.8, 4) is 22.4 Å². The summed E-state index contributed by atoms with van der Waals surface area (Å²) in [6, 6.07) is 18.2. The highest BCUT2D eigenvalue weighted by molar-refractivity contribution is 5.99. The quantitative estimate of drug-likeness (QED) is 0.184. The molecule has 2 aliphatic rings. The molecule has 0 spiro atoms. The number of likely N-dealkylation sites (N-methyl/N-ethyl adjacent to an activating group) is 1. The van der Waals surface area contributed by atoms with Gasteiger partial charge in [-0.1, -0.05) is 12.1 Å². The summed E-state index contributed by atoms with van der Waals surface area (Å²) in [5, 5.41) is 7.85. The third-order valence-electron chi connectivity index (χ3n) is 8.33. The molecular formula is C35H37FN8. The number of rotatable bonds is 8. The Morgan fingerprint density at radius 3 is 2.70 bits per heavy atom. The number of hydrogen-bond acceptors (Lipinski definition) is 7. The molecule has 1 saturated heterocycles. The van der Waals surface area contributed by atoms with Gasteiger partial charge in [0.15, 0.2) is 0 Å². The third kappa shape index (κ3) is 5.52. The molecule has 2 aromatic carbocycles. The Bertz CT molecular complexity index is 1890. The van der Waals surface area contributed by atoms with Gasteiger partial charge in [-0.3, -0.25) is 4.98 Å². The molecule has 224 valence electrons. The van der Waals surface area contributed by atoms with Gasteiger partial charge >= 0.3 is 0 Å². The van der Waals surface area contributed by atoms with Crippen LogP contribution in [0.15, 0.2) is 73.1 Å². The highest BCUT2D eigenvalue weighted by Crippen LogP contribution is 2.38. The highest BCUT2D eigenvalue weighted by Gasteiger charge is 2.25. The molecular weight excluding hydrogens is 551 g/mol. The lowest BCUT2D eigenvalue weighted by Gasteiger charge is -2.38. The lowest BCUT2D eigenvalue weighted by molar-refractivity contribution is 0.425. The van der Waals surface area contributed by atoms with Gasteiger partial charge in [-0.25, -0.2) is 9.37 Å². The number of fused-ring (bicyclic) bond motifs is 2. The van der Waals surface area contributed by atoms with E-state index in [1.807, 2.05) is 32.6 Å². The van der Waals surface area contributed by atoms with E-state index in [-0.39, 0.29) is 11.9 Å². The van der Waals surface area contributed by atoms with E-state index in [1.165, 1.54) is 11.6 Å². The van der Waals surface area contributed by atoms with Crippen molar-refractivity contribution >= 4 is 33.7 Å². The van der Waals surface area contributed by atoms with Crippen LogP contribution < -0.4 is 21.3 Å². The van der Waals surface area contributed by atoms with Crippen LogP contribution in [-0.4, -0.2) is 72.7 Å². The molecule has 0 unspecified atom stereocenters. The molecule has 9 heteroatoms. The van der Waals surface area contributed by atoms with Gasteiger partial charge in [-0.05, 0) is 80.7 Å². The Balaban J connectivity index is 1.24. The molecule has 5 aromatic rings. The van der Waals surface area contributed by atoms with E-state index in [1.54, 1.807) is 6.07 Å². The Hall–Kier alpha value is -4.73. The molecule has 0 bridgehead atoms. The maximum absolute atomic E-state index is 14.8. The molecule has 5 heterocycles. The summed E-state index contributed by atoms with van der Waals surface area (Å²) < 4.78 is 14.8. The molecule has 1 fully saturated rings. The van der Waals surface area contributed by atoms with Gasteiger partial charge in [0, 0.05) is 89.7 Å². The first kappa shape index (κ1) is 28.1. The van der Waals surface area contributed by atoms with Crippen molar-refractivity contribution in [3.05, 3.63) is 95.7 Å². The Labute approximate surface area is 256 Å². The summed E-state index contributed by atoms with van der Waals surface area (Å²) in [5.41, 5.74) is 16.8. The molecule has 8 nitrogen and oxygen atoms in total. The zero-order valence-electron chi connectivity index (χ0n) is 25.3. The highest BCUT2D eigenvalue weighted by atomic mass is 19.1. The molecule has 0 radical (unpaired) electrons. The predicted octanol–water partition coefficient (Wildman–Crippen LogP) is 5.72. The molecule has 3 aromatic heterocycles. The zero-order chi connectivity index (χ0) is 30.4. The average Bonchev–Trinajstić information content (AvgIpc) is 3.42. The van der Waals surface area contributed by atoms with Crippen LogP contribution in [0.4, 0.5) is 21.6 Å². The van der Waals surface area contributed by atoms with Crippen molar-refractivity contribution in [2.24, 2.45) is 5.73 Å². The third-order valence-corrected chi connectivity index (χ3v) is 8.33.